The number of likely N-dealkylation sites (tertiary alicyclic amines) is 1. The highest BCUT2D eigenvalue weighted by Crippen LogP contribution is 2.44. The molecule has 1 atom stereocenters. The van der Waals surface area contributed by atoms with Gasteiger partial charge in [0, 0.05) is 23.4 Å². The molecule has 38 heavy (non-hydrogen) atoms. The van der Waals surface area contributed by atoms with Gasteiger partial charge in [0.25, 0.3) is 11.7 Å². The number of nitrogens with zero attached hydrogens (tertiary/aromatic N) is 2. The van der Waals surface area contributed by atoms with E-state index >= 15 is 0 Å². The maximum atomic E-state index is 13.5. The molecule has 206 valence electrons. The summed E-state index contributed by atoms with van der Waals surface area (Å²) in [6.07, 6.45) is 0.631. The van der Waals surface area contributed by atoms with Gasteiger partial charge >= 0.3 is 5.97 Å². The number of amides is 1. The Hall–Kier alpha value is -3.79. The van der Waals surface area contributed by atoms with Crippen molar-refractivity contribution in [2.24, 2.45) is 0 Å². The van der Waals surface area contributed by atoms with Gasteiger partial charge in [0.05, 0.1) is 32.9 Å². The number of aromatic nitrogens is 1. The fourth-order valence-electron chi connectivity index (χ4n) is 5.04. The normalized spacial score (nSPS) is 16.8. The number of esters is 1. The summed E-state index contributed by atoms with van der Waals surface area (Å²) in [5, 5.41) is 11.6. The number of carbonyl (C=O) groups excluding carboxylic acids is 3. The summed E-state index contributed by atoms with van der Waals surface area (Å²) in [5.74, 6) is -1.54. The van der Waals surface area contributed by atoms with Crippen molar-refractivity contribution in [3.8, 4) is 11.5 Å². The molecule has 0 radical (unpaired) electrons. The van der Waals surface area contributed by atoms with E-state index in [0.29, 0.717) is 41.3 Å². The second-order valence-corrected chi connectivity index (χ2v) is 9.10. The molecule has 2 N–H and O–H groups in total. The lowest BCUT2D eigenvalue weighted by Crippen LogP contribution is -2.33. The second-order valence-electron chi connectivity index (χ2n) is 9.10. The monoisotopic (exact) mass is 527 g/mol. The fraction of sp³-hybridized carbons (Fsp3) is 0.464. The molecule has 1 amide bonds. The topological polar surface area (TPSA) is 121 Å². The molecular weight excluding hydrogens is 490 g/mol. The third kappa shape index (κ3) is 5.26. The molecule has 1 saturated heterocycles. The number of aliphatic hydroxyl groups is 1. The summed E-state index contributed by atoms with van der Waals surface area (Å²) >= 11 is 0. The van der Waals surface area contributed by atoms with Crippen LogP contribution in [-0.2, 0) is 14.3 Å². The number of aliphatic hydroxyl groups excluding tert-OH is 1. The minimum Gasteiger partial charge on any atom is -0.507 e. The van der Waals surface area contributed by atoms with Gasteiger partial charge in [-0.25, -0.2) is 4.79 Å². The lowest BCUT2D eigenvalue weighted by molar-refractivity contribution is -0.140. The van der Waals surface area contributed by atoms with E-state index in [1.165, 1.54) is 26.2 Å². The van der Waals surface area contributed by atoms with E-state index < -0.39 is 23.7 Å². The molecule has 10 nitrogen and oxygen atoms in total. The first-order valence-corrected chi connectivity index (χ1v) is 12.6. The van der Waals surface area contributed by atoms with Crippen molar-refractivity contribution < 1.29 is 33.7 Å². The van der Waals surface area contributed by atoms with Crippen LogP contribution in [0.25, 0.3) is 5.76 Å². The van der Waals surface area contributed by atoms with E-state index in [1.54, 1.807) is 32.0 Å². The summed E-state index contributed by atoms with van der Waals surface area (Å²) in [7, 11) is 4.28. The number of ketones is 1. The maximum Gasteiger partial charge on any atom is 0.354 e. The SMILES string of the molecule is CCN(CC)CCCN1C(=O)C(=O)/C(=C(/O)c2c(C)[nH]c(C(=O)OC)c2C)[C@H]1c1cc(OC)ccc1OC. The van der Waals surface area contributed by atoms with Gasteiger partial charge in [0.2, 0.25) is 0 Å². The van der Waals surface area contributed by atoms with Crippen molar-refractivity contribution in [3.05, 3.63) is 51.9 Å². The number of Topliss-reactive ketones (excluding diaryl/α,β-unsaturated/α-hetero) is 1. The predicted octanol–water partition coefficient (Wildman–Crippen LogP) is 3.59. The summed E-state index contributed by atoms with van der Waals surface area (Å²) in [6, 6.07) is 4.20. The van der Waals surface area contributed by atoms with Crippen molar-refractivity contribution in [3.63, 3.8) is 0 Å². The standard InChI is InChI=1S/C28H37N3O7/c1-8-30(9-2)13-10-14-31-24(19-15-18(36-5)11-12-20(19)37-6)22(26(33)27(31)34)25(32)21-16(3)23(28(35)38-7)29-17(21)4/h11-12,15,24,29,32H,8-10,13-14H2,1-7H3/b25-22+/t24-/m1/s1. The van der Waals surface area contributed by atoms with Crippen molar-refractivity contribution in [1.29, 1.82) is 0 Å². The number of hydrogen-bond donors (Lipinski definition) is 2. The number of nitrogens with one attached hydrogen (secondary N) is 1. The number of methoxy groups -OCH3 is 3. The largest absolute Gasteiger partial charge is 0.507 e. The average molecular weight is 528 g/mol. The van der Waals surface area contributed by atoms with Crippen LogP contribution in [0.15, 0.2) is 23.8 Å². The van der Waals surface area contributed by atoms with E-state index in [2.05, 4.69) is 23.7 Å². The van der Waals surface area contributed by atoms with Gasteiger partial charge in [-0.2, -0.15) is 0 Å². The molecule has 0 spiro atoms. The Morgan fingerprint density at radius 3 is 2.37 bits per heavy atom. The van der Waals surface area contributed by atoms with Crippen LogP contribution < -0.4 is 9.47 Å². The Bertz CT molecular complexity index is 1240. The zero-order valence-corrected chi connectivity index (χ0v) is 23.1. The van der Waals surface area contributed by atoms with Crippen molar-refractivity contribution >= 4 is 23.4 Å². The molecule has 2 heterocycles. The highest BCUT2D eigenvalue weighted by atomic mass is 16.5. The van der Waals surface area contributed by atoms with Gasteiger partial charge in [0.1, 0.15) is 23.0 Å². The Kier molecular flexibility index (Phi) is 9.22. The number of aryl methyl sites for hydroxylation is 1. The number of benzene rings is 1. The van der Waals surface area contributed by atoms with Gasteiger partial charge in [-0.1, -0.05) is 13.8 Å². The number of ether oxygens (including phenoxy) is 3. The Morgan fingerprint density at radius 1 is 1.11 bits per heavy atom. The minimum absolute atomic E-state index is 0.0778. The highest BCUT2D eigenvalue weighted by molar-refractivity contribution is 6.46. The maximum absolute atomic E-state index is 13.5. The molecule has 1 aliphatic heterocycles. The number of carbonyl (C=O) groups is 3. The van der Waals surface area contributed by atoms with E-state index in [9.17, 15) is 19.5 Å². The first kappa shape index (κ1) is 28.8. The van der Waals surface area contributed by atoms with Crippen molar-refractivity contribution in [1.82, 2.24) is 14.8 Å². The number of aromatic amines is 1. The lowest BCUT2D eigenvalue weighted by atomic mass is 9.93. The number of rotatable bonds is 11. The van der Waals surface area contributed by atoms with Crippen LogP contribution in [0.3, 0.4) is 0 Å². The first-order chi connectivity index (χ1) is 18.1. The molecule has 1 aromatic heterocycles. The molecule has 0 saturated carbocycles. The Balaban J connectivity index is 2.22. The first-order valence-electron chi connectivity index (χ1n) is 12.6. The third-order valence-electron chi connectivity index (χ3n) is 7.10. The molecule has 0 unspecified atom stereocenters. The fourth-order valence-corrected chi connectivity index (χ4v) is 5.04. The molecule has 1 aromatic carbocycles. The van der Waals surface area contributed by atoms with E-state index in [1.807, 2.05) is 0 Å². The van der Waals surface area contributed by atoms with Gasteiger partial charge in [-0.15, -0.1) is 0 Å². The summed E-state index contributed by atoms with van der Waals surface area (Å²) in [4.78, 5) is 45.8. The van der Waals surface area contributed by atoms with E-state index in [4.69, 9.17) is 14.2 Å². The molecule has 0 aliphatic carbocycles. The van der Waals surface area contributed by atoms with Crippen molar-refractivity contribution in [2.75, 3.05) is 47.5 Å². The lowest BCUT2D eigenvalue weighted by Gasteiger charge is -2.28. The quantitative estimate of drug-likeness (QED) is 0.197. The van der Waals surface area contributed by atoms with Gasteiger partial charge < -0.3 is 34.1 Å². The molecule has 0 bridgehead atoms. The van der Waals surface area contributed by atoms with Crippen LogP contribution in [0.2, 0.25) is 0 Å². The van der Waals surface area contributed by atoms with Crippen LogP contribution in [0.5, 0.6) is 11.5 Å². The molecule has 10 heteroatoms. The van der Waals surface area contributed by atoms with E-state index in [-0.39, 0.29) is 22.6 Å². The number of H-pyrrole nitrogens is 1. The predicted molar refractivity (Wildman–Crippen MR) is 143 cm³/mol. The summed E-state index contributed by atoms with van der Waals surface area (Å²) in [6.45, 7) is 10.2. The molecule has 1 fully saturated rings. The van der Waals surface area contributed by atoms with Gasteiger partial charge in [0.15, 0.2) is 0 Å². The zero-order valence-electron chi connectivity index (χ0n) is 23.1. The highest BCUT2D eigenvalue weighted by Gasteiger charge is 2.47. The van der Waals surface area contributed by atoms with Crippen LogP contribution >= 0.6 is 0 Å². The minimum atomic E-state index is -0.924. The third-order valence-corrected chi connectivity index (χ3v) is 7.10. The number of hydrogen-bond acceptors (Lipinski definition) is 8. The molecule has 1 aliphatic rings. The van der Waals surface area contributed by atoms with Crippen molar-refractivity contribution in [2.45, 2.75) is 40.2 Å². The Labute approximate surface area is 223 Å². The second kappa shape index (κ2) is 12.2. The van der Waals surface area contributed by atoms with Crippen LogP contribution in [-0.4, -0.2) is 85.1 Å². The smallest absolute Gasteiger partial charge is 0.354 e. The molecule has 3 rings (SSSR count). The zero-order chi connectivity index (χ0) is 28.1. The van der Waals surface area contributed by atoms with Gasteiger partial charge in [-0.3, -0.25) is 9.59 Å². The summed E-state index contributed by atoms with van der Waals surface area (Å²) in [5.41, 5.74) is 1.75. The molecular formula is C28H37N3O7. The van der Waals surface area contributed by atoms with Crippen LogP contribution in [0.1, 0.15) is 59.2 Å². The summed E-state index contributed by atoms with van der Waals surface area (Å²) < 4.78 is 15.9. The average Bonchev–Trinajstić information content (AvgIpc) is 3.36. The van der Waals surface area contributed by atoms with Gasteiger partial charge in [-0.05, 0) is 63.7 Å². The van der Waals surface area contributed by atoms with E-state index in [0.717, 1.165) is 19.6 Å². The molecule has 2 aromatic rings. The van der Waals surface area contributed by atoms with Crippen LogP contribution in [0, 0.1) is 13.8 Å². The van der Waals surface area contributed by atoms with Crippen LogP contribution in [0.4, 0.5) is 0 Å². The Morgan fingerprint density at radius 2 is 1.79 bits per heavy atom.